The molecule has 0 saturated carbocycles. The molecule has 1 aromatic heterocycles. The summed E-state index contributed by atoms with van der Waals surface area (Å²) in [5.74, 6) is 1.17. The second-order valence-corrected chi connectivity index (χ2v) is 4.77. The predicted molar refractivity (Wildman–Crippen MR) is 76.2 cm³/mol. The second kappa shape index (κ2) is 6.38. The molecular formula is C15H20N2O2. The fourth-order valence-electron chi connectivity index (χ4n) is 1.89. The largest absolute Gasteiger partial charge is 0.449 e. The van der Waals surface area contributed by atoms with Crippen molar-refractivity contribution in [2.24, 2.45) is 5.92 Å². The lowest BCUT2D eigenvalue weighted by Gasteiger charge is -2.12. The minimum Gasteiger partial charge on any atom is -0.449 e. The molecule has 0 aliphatic rings. The molecule has 102 valence electrons. The van der Waals surface area contributed by atoms with Gasteiger partial charge in [0.2, 0.25) is 0 Å². The maximum atomic E-state index is 5.21. The molecule has 1 aromatic carbocycles. The van der Waals surface area contributed by atoms with E-state index in [-0.39, 0.29) is 0 Å². The van der Waals surface area contributed by atoms with E-state index in [9.17, 15) is 0 Å². The number of aryl methyl sites for hydroxylation is 1. The zero-order chi connectivity index (χ0) is 13.7. The van der Waals surface area contributed by atoms with Crippen molar-refractivity contribution < 1.29 is 9.15 Å². The first-order chi connectivity index (χ1) is 9.19. The summed E-state index contributed by atoms with van der Waals surface area (Å²) < 4.78 is 10.3. The van der Waals surface area contributed by atoms with Crippen LogP contribution < -0.4 is 5.32 Å². The first-order valence-corrected chi connectivity index (χ1v) is 6.44. The van der Waals surface area contributed by atoms with Gasteiger partial charge in [-0.2, -0.15) is 0 Å². The predicted octanol–water partition coefficient (Wildman–Crippen LogP) is 3.34. The number of aromatic nitrogens is 1. The molecule has 1 heterocycles. The third-order valence-electron chi connectivity index (χ3n) is 2.91. The molecule has 0 aliphatic carbocycles. The van der Waals surface area contributed by atoms with Crippen molar-refractivity contribution >= 4 is 5.69 Å². The minimum atomic E-state index is 0.489. The van der Waals surface area contributed by atoms with Gasteiger partial charge in [-0.3, -0.25) is 0 Å². The fourth-order valence-corrected chi connectivity index (χ4v) is 1.89. The Morgan fingerprint density at radius 3 is 2.63 bits per heavy atom. The van der Waals surface area contributed by atoms with E-state index in [0.29, 0.717) is 11.8 Å². The van der Waals surface area contributed by atoms with Crippen molar-refractivity contribution in [2.45, 2.75) is 13.8 Å². The first-order valence-electron chi connectivity index (χ1n) is 6.44. The average Bonchev–Trinajstić information content (AvgIpc) is 2.84. The SMILES string of the molecule is COCC(C)CNc1ccc(-c2coc(C)n2)cc1. The highest BCUT2D eigenvalue weighted by molar-refractivity contribution is 5.61. The molecule has 1 N–H and O–H groups in total. The Balaban J connectivity index is 1.95. The van der Waals surface area contributed by atoms with Crippen molar-refractivity contribution in [3.8, 4) is 11.3 Å². The van der Waals surface area contributed by atoms with Crippen LogP contribution in [0.25, 0.3) is 11.3 Å². The van der Waals surface area contributed by atoms with Crippen LogP contribution in [0, 0.1) is 12.8 Å². The number of benzene rings is 1. The lowest BCUT2D eigenvalue weighted by atomic mass is 10.1. The molecule has 1 unspecified atom stereocenters. The van der Waals surface area contributed by atoms with Crippen LogP contribution >= 0.6 is 0 Å². The fraction of sp³-hybridized carbons (Fsp3) is 0.400. The quantitative estimate of drug-likeness (QED) is 0.865. The Hall–Kier alpha value is -1.81. The smallest absolute Gasteiger partial charge is 0.191 e. The molecule has 2 aromatic rings. The summed E-state index contributed by atoms with van der Waals surface area (Å²) in [6.07, 6.45) is 1.68. The normalized spacial score (nSPS) is 12.4. The number of rotatable bonds is 6. The van der Waals surface area contributed by atoms with Crippen LogP contribution in [0.5, 0.6) is 0 Å². The molecule has 1 atom stereocenters. The highest BCUT2D eigenvalue weighted by Crippen LogP contribution is 2.20. The zero-order valence-electron chi connectivity index (χ0n) is 11.6. The Bertz CT molecular complexity index is 505. The van der Waals surface area contributed by atoms with Crippen LogP contribution in [-0.4, -0.2) is 25.2 Å². The molecule has 2 rings (SSSR count). The van der Waals surface area contributed by atoms with Crippen molar-refractivity contribution in [1.82, 2.24) is 4.98 Å². The van der Waals surface area contributed by atoms with Gasteiger partial charge in [-0.05, 0) is 18.1 Å². The van der Waals surface area contributed by atoms with Gasteiger partial charge >= 0.3 is 0 Å². The lowest BCUT2D eigenvalue weighted by Crippen LogP contribution is -2.15. The highest BCUT2D eigenvalue weighted by Gasteiger charge is 2.04. The molecule has 0 radical (unpaired) electrons. The van der Waals surface area contributed by atoms with Gasteiger partial charge in [-0.1, -0.05) is 19.1 Å². The van der Waals surface area contributed by atoms with E-state index in [4.69, 9.17) is 9.15 Å². The third kappa shape index (κ3) is 3.83. The van der Waals surface area contributed by atoms with Crippen molar-refractivity contribution in [2.75, 3.05) is 25.6 Å². The van der Waals surface area contributed by atoms with Gasteiger partial charge in [-0.25, -0.2) is 4.98 Å². The van der Waals surface area contributed by atoms with E-state index >= 15 is 0 Å². The number of ether oxygens (including phenoxy) is 1. The van der Waals surface area contributed by atoms with Crippen molar-refractivity contribution in [3.63, 3.8) is 0 Å². The Labute approximate surface area is 113 Å². The number of nitrogens with one attached hydrogen (secondary N) is 1. The Kier molecular flexibility index (Phi) is 4.58. The van der Waals surface area contributed by atoms with Crippen LogP contribution in [-0.2, 0) is 4.74 Å². The van der Waals surface area contributed by atoms with Crippen LogP contribution in [0.15, 0.2) is 34.9 Å². The maximum Gasteiger partial charge on any atom is 0.191 e. The van der Waals surface area contributed by atoms with Gasteiger partial charge in [0.25, 0.3) is 0 Å². The molecule has 0 amide bonds. The summed E-state index contributed by atoms with van der Waals surface area (Å²) in [6, 6.07) is 8.19. The molecule has 0 saturated heterocycles. The van der Waals surface area contributed by atoms with Gasteiger partial charge in [0.1, 0.15) is 12.0 Å². The summed E-state index contributed by atoms with van der Waals surface area (Å²) in [5.41, 5.74) is 3.04. The second-order valence-electron chi connectivity index (χ2n) is 4.77. The number of hydrogen-bond acceptors (Lipinski definition) is 4. The molecular weight excluding hydrogens is 240 g/mol. The minimum absolute atomic E-state index is 0.489. The molecule has 0 bridgehead atoms. The van der Waals surface area contributed by atoms with E-state index in [1.54, 1.807) is 13.4 Å². The first kappa shape index (κ1) is 13.6. The van der Waals surface area contributed by atoms with E-state index in [0.717, 1.165) is 30.1 Å². The van der Waals surface area contributed by atoms with Crippen LogP contribution in [0.3, 0.4) is 0 Å². The Morgan fingerprint density at radius 2 is 2.05 bits per heavy atom. The molecule has 4 nitrogen and oxygen atoms in total. The molecule has 0 spiro atoms. The van der Waals surface area contributed by atoms with Gasteiger partial charge in [-0.15, -0.1) is 0 Å². The summed E-state index contributed by atoms with van der Waals surface area (Å²) in [4.78, 5) is 4.31. The number of oxazole rings is 1. The van der Waals surface area contributed by atoms with Crippen LogP contribution in [0.2, 0.25) is 0 Å². The summed E-state index contributed by atoms with van der Waals surface area (Å²) in [5, 5.41) is 3.39. The molecule has 4 heteroatoms. The van der Waals surface area contributed by atoms with E-state index < -0.39 is 0 Å². The Morgan fingerprint density at radius 1 is 1.32 bits per heavy atom. The molecule has 0 aliphatic heterocycles. The van der Waals surface area contributed by atoms with Gasteiger partial charge in [0, 0.05) is 31.8 Å². The average molecular weight is 260 g/mol. The number of anilines is 1. The molecule has 19 heavy (non-hydrogen) atoms. The van der Waals surface area contributed by atoms with Crippen molar-refractivity contribution in [3.05, 3.63) is 36.4 Å². The number of nitrogens with zero attached hydrogens (tertiary/aromatic N) is 1. The van der Waals surface area contributed by atoms with E-state index in [1.165, 1.54) is 0 Å². The molecule has 0 fully saturated rings. The summed E-state index contributed by atoms with van der Waals surface area (Å²) >= 11 is 0. The zero-order valence-corrected chi connectivity index (χ0v) is 11.6. The van der Waals surface area contributed by atoms with E-state index in [1.807, 2.05) is 19.1 Å². The maximum absolute atomic E-state index is 5.21. The summed E-state index contributed by atoms with van der Waals surface area (Å²) in [7, 11) is 1.73. The van der Waals surface area contributed by atoms with Gasteiger partial charge < -0.3 is 14.5 Å². The lowest BCUT2D eigenvalue weighted by molar-refractivity contribution is 0.164. The number of hydrogen-bond donors (Lipinski definition) is 1. The topological polar surface area (TPSA) is 47.3 Å². The summed E-state index contributed by atoms with van der Waals surface area (Å²) in [6.45, 7) is 5.67. The highest BCUT2D eigenvalue weighted by atomic mass is 16.5. The van der Waals surface area contributed by atoms with E-state index in [2.05, 4.69) is 29.4 Å². The van der Waals surface area contributed by atoms with Gasteiger partial charge in [0.05, 0.1) is 6.61 Å². The third-order valence-corrected chi connectivity index (χ3v) is 2.91. The number of methoxy groups -OCH3 is 1. The van der Waals surface area contributed by atoms with Crippen LogP contribution in [0.4, 0.5) is 5.69 Å². The van der Waals surface area contributed by atoms with Gasteiger partial charge in [0.15, 0.2) is 5.89 Å². The van der Waals surface area contributed by atoms with Crippen molar-refractivity contribution in [1.29, 1.82) is 0 Å². The monoisotopic (exact) mass is 260 g/mol. The standard InChI is InChI=1S/C15H20N2O2/c1-11(9-18-3)8-16-14-6-4-13(5-7-14)15-10-19-12(2)17-15/h4-7,10-11,16H,8-9H2,1-3H3. The van der Waals surface area contributed by atoms with Crippen LogP contribution in [0.1, 0.15) is 12.8 Å².